The summed E-state index contributed by atoms with van der Waals surface area (Å²) in [5.41, 5.74) is 0. The predicted octanol–water partition coefficient (Wildman–Crippen LogP) is 0.923. The Morgan fingerprint density at radius 3 is 3.13 bits per heavy atom. The molecule has 1 aromatic heterocycles. The molecule has 0 bridgehead atoms. The molecule has 84 valence electrons. The average molecular weight is 211 g/mol. The molecule has 0 aliphatic heterocycles. The van der Waals surface area contributed by atoms with E-state index in [0.29, 0.717) is 31.0 Å². The van der Waals surface area contributed by atoms with Crippen LogP contribution < -0.4 is 5.32 Å². The second kappa shape index (κ2) is 6.31. The van der Waals surface area contributed by atoms with E-state index in [1.807, 2.05) is 7.05 Å². The summed E-state index contributed by atoms with van der Waals surface area (Å²) in [7, 11) is 1.90. The van der Waals surface area contributed by atoms with Gasteiger partial charge in [0.25, 0.3) is 5.89 Å². The van der Waals surface area contributed by atoms with E-state index in [0.717, 1.165) is 6.42 Å². The molecule has 0 amide bonds. The molecule has 1 N–H and O–H groups in total. The lowest BCUT2D eigenvalue weighted by Crippen LogP contribution is -2.24. The van der Waals surface area contributed by atoms with Gasteiger partial charge < -0.3 is 14.6 Å². The van der Waals surface area contributed by atoms with Crippen LogP contribution in [0.3, 0.4) is 0 Å². The Balaban J connectivity index is 2.38. The first-order valence-electron chi connectivity index (χ1n) is 4.93. The van der Waals surface area contributed by atoms with Gasteiger partial charge in [-0.15, -0.1) is 6.58 Å². The molecule has 5 heteroatoms. The van der Waals surface area contributed by atoms with E-state index in [1.165, 1.54) is 0 Å². The number of hydrogen-bond acceptors (Lipinski definition) is 5. The van der Waals surface area contributed by atoms with Crippen molar-refractivity contribution in [2.75, 3.05) is 13.7 Å². The topological polar surface area (TPSA) is 60.2 Å². The van der Waals surface area contributed by atoms with Crippen LogP contribution in [0.5, 0.6) is 0 Å². The molecular formula is C10H17N3O2. The second-order valence-electron chi connectivity index (χ2n) is 3.30. The van der Waals surface area contributed by atoms with Crippen molar-refractivity contribution in [3.05, 3.63) is 24.4 Å². The highest BCUT2D eigenvalue weighted by Gasteiger charge is 2.08. The van der Waals surface area contributed by atoms with Crippen LogP contribution in [0.4, 0.5) is 0 Å². The number of ether oxygens (including phenoxy) is 1. The fourth-order valence-electron chi connectivity index (χ4n) is 1.04. The van der Waals surface area contributed by atoms with Gasteiger partial charge in [-0.3, -0.25) is 0 Å². The third-order valence-corrected chi connectivity index (χ3v) is 1.95. The second-order valence-corrected chi connectivity index (χ2v) is 3.30. The first-order chi connectivity index (χ1) is 7.26. The van der Waals surface area contributed by atoms with Crippen molar-refractivity contribution >= 4 is 0 Å². The molecule has 1 unspecified atom stereocenters. The summed E-state index contributed by atoms with van der Waals surface area (Å²) < 4.78 is 10.2. The lowest BCUT2D eigenvalue weighted by atomic mass is 10.2. The first kappa shape index (κ1) is 11.9. The highest BCUT2D eigenvalue weighted by atomic mass is 16.5. The van der Waals surface area contributed by atoms with Gasteiger partial charge in [0.15, 0.2) is 5.82 Å². The first-order valence-corrected chi connectivity index (χ1v) is 4.93. The number of aromatic nitrogens is 2. The number of rotatable bonds is 7. The van der Waals surface area contributed by atoms with Gasteiger partial charge in [-0.05, 0) is 14.0 Å². The Labute approximate surface area is 89.5 Å². The Kier molecular flexibility index (Phi) is 5.00. The van der Waals surface area contributed by atoms with Crippen LogP contribution >= 0.6 is 0 Å². The van der Waals surface area contributed by atoms with Gasteiger partial charge in [0.1, 0.15) is 6.61 Å². The largest absolute Gasteiger partial charge is 0.368 e. The molecule has 0 saturated heterocycles. The number of nitrogens with one attached hydrogen (secondary N) is 1. The highest BCUT2D eigenvalue weighted by molar-refractivity contribution is 4.88. The smallest absolute Gasteiger partial charge is 0.252 e. The van der Waals surface area contributed by atoms with Gasteiger partial charge in [-0.25, -0.2) is 0 Å². The van der Waals surface area contributed by atoms with Crippen molar-refractivity contribution in [1.29, 1.82) is 0 Å². The average Bonchev–Trinajstić information content (AvgIpc) is 2.66. The van der Waals surface area contributed by atoms with Crippen molar-refractivity contribution in [2.24, 2.45) is 0 Å². The van der Waals surface area contributed by atoms with Crippen LogP contribution in [0.1, 0.15) is 18.6 Å². The molecular weight excluding hydrogens is 194 g/mol. The van der Waals surface area contributed by atoms with Crippen LogP contribution in [0.2, 0.25) is 0 Å². The standard InChI is InChI=1S/C10H17N3O2/c1-4-5-14-7-10-12-9(13-15-10)6-8(2)11-3/h4,8,11H,1,5-7H2,2-3H3. The third-order valence-electron chi connectivity index (χ3n) is 1.95. The molecule has 0 aliphatic carbocycles. The summed E-state index contributed by atoms with van der Waals surface area (Å²) in [5, 5.41) is 6.96. The lowest BCUT2D eigenvalue weighted by molar-refractivity contribution is 0.121. The number of likely N-dealkylation sites (N-methyl/N-ethyl adjacent to an activating group) is 1. The van der Waals surface area contributed by atoms with E-state index < -0.39 is 0 Å². The molecule has 15 heavy (non-hydrogen) atoms. The normalized spacial score (nSPS) is 12.7. The summed E-state index contributed by atoms with van der Waals surface area (Å²) in [4.78, 5) is 4.19. The molecule has 0 aliphatic rings. The molecule has 1 atom stereocenters. The molecule has 0 spiro atoms. The van der Waals surface area contributed by atoms with Gasteiger partial charge in [0, 0.05) is 12.5 Å². The minimum atomic E-state index is 0.338. The van der Waals surface area contributed by atoms with Gasteiger partial charge in [0.2, 0.25) is 0 Å². The van der Waals surface area contributed by atoms with Crippen LogP contribution in [-0.2, 0) is 17.8 Å². The van der Waals surface area contributed by atoms with Gasteiger partial charge in [0.05, 0.1) is 6.61 Å². The number of hydrogen-bond donors (Lipinski definition) is 1. The van der Waals surface area contributed by atoms with Crippen molar-refractivity contribution in [3.8, 4) is 0 Å². The van der Waals surface area contributed by atoms with Gasteiger partial charge in [-0.1, -0.05) is 11.2 Å². The zero-order valence-corrected chi connectivity index (χ0v) is 9.19. The summed E-state index contributed by atoms with van der Waals surface area (Å²) in [6.45, 7) is 6.44. The summed E-state index contributed by atoms with van der Waals surface area (Å²) >= 11 is 0. The SMILES string of the molecule is C=CCOCc1nc(CC(C)NC)no1. The summed E-state index contributed by atoms with van der Waals surface area (Å²) in [5.74, 6) is 1.21. The monoisotopic (exact) mass is 211 g/mol. The Hall–Kier alpha value is -1.20. The van der Waals surface area contributed by atoms with Gasteiger partial charge in [-0.2, -0.15) is 4.98 Å². The molecule has 5 nitrogen and oxygen atoms in total. The molecule has 1 aromatic rings. The zero-order valence-electron chi connectivity index (χ0n) is 9.19. The highest BCUT2D eigenvalue weighted by Crippen LogP contribution is 2.02. The number of nitrogens with zero attached hydrogens (tertiary/aromatic N) is 2. The minimum absolute atomic E-state index is 0.338. The van der Waals surface area contributed by atoms with Crippen molar-refractivity contribution in [3.63, 3.8) is 0 Å². The van der Waals surface area contributed by atoms with Crippen LogP contribution in [-0.4, -0.2) is 29.8 Å². The minimum Gasteiger partial charge on any atom is -0.368 e. The molecule has 0 radical (unpaired) electrons. The fraction of sp³-hybridized carbons (Fsp3) is 0.600. The predicted molar refractivity (Wildman–Crippen MR) is 56.4 cm³/mol. The Morgan fingerprint density at radius 2 is 2.47 bits per heavy atom. The van der Waals surface area contributed by atoms with Crippen molar-refractivity contribution < 1.29 is 9.26 Å². The lowest BCUT2D eigenvalue weighted by Gasteiger charge is -2.04. The maximum absolute atomic E-state index is 5.18. The van der Waals surface area contributed by atoms with Crippen LogP contribution in [0.25, 0.3) is 0 Å². The van der Waals surface area contributed by atoms with E-state index in [-0.39, 0.29) is 0 Å². The fourth-order valence-corrected chi connectivity index (χ4v) is 1.04. The van der Waals surface area contributed by atoms with Crippen molar-refractivity contribution in [1.82, 2.24) is 15.5 Å². The van der Waals surface area contributed by atoms with Crippen LogP contribution in [0, 0.1) is 0 Å². The maximum Gasteiger partial charge on any atom is 0.252 e. The molecule has 0 saturated carbocycles. The zero-order chi connectivity index (χ0) is 11.1. The van der Waals surface area contributed by atoms with Gasteiger partial charge >= 0.3 is 0 Å². The third kappa shape index (κ3) is 4.22. The van der Waals surface area contributed by atoms with E-state index in [1.54, 1.807) is 6.08 Å². The summed E-state index contributed by atoms with van der Waals surface area (Å²) in [6.07, 6.45) is 2.43. The summed E-state index contributed by atoms with van der Waals surface area (Å²) in [6, 6.07) is 0.338. The van der Waals surface area contributed by atoms with Crippen molar-refractivity contribution in [2.45, 2.75) is 26.0 Å². The van der Waals surface area contributed by atoms with Crippen LogP contribution in [0.15, 0.2) is 17.2 Å². The van der Waals surface area contributed by atoms with E-state index in [4.69, 9.17) is 9.26 Å². The molecule has 1 rings (SSSR count). The Bertz CT molecular complexity index is 299. The molecule has 1 heterocycles. The van der Waals surface area contributed by atoms with E-state index >= 15 is 0 Å². The maximum atomic E-state index is 5.18. The molecule has 0 fully saturated rings. The van der Waals surface area contributed by atoms with E-state index in [2.05, 4.69) is 29.0 Å². The Morgan fingerprint density at radius 1 is 1.67 bits per heavy atom. The van der Waals surface area contributed by atoms with E-state index in [9.17, 15) is 0 Å². The molecule has 0 aromatic carbocycles. The quantitative estimate of drug-likeness (QED) is 0.537.